The summed E-state index contributed by atoms with van der Waals surface area (Å²) in [6, 6.07) is -3.17. The van der Waals surface area contributed by atoms with Gasteiger partial charge in [-0.25, -0.2) is 4.79 Å². The first kappa shape index (κ1) is 42.6. The Kier molecular flexibility index (Phi) is 13.4. The van der Waals surface area contributed by atoms with Crippen molar-refractivity contribution < 1.29 is 32.4 Å². The van der Waals surface area contributed by atoms with Crippen molar-refractivity contribution in [3.05, 3.63) is 12.7 Å². The van der Waals surface area contributed by atoms with Crippen LogP contribution in [0.5, 0.6) is 0 Å². The van der Waals surface area contributed by atoms with Crippen LogP contribution in [-0.4, -0.2) is 108 Å². The molecule has 0 bridgehead atoms. The van der Waals surface area contributed by atoms with Crippen LogP contribution in [0, 0.1) is 34.0 Å². The van der Waals surface area contributed by atoms with E-state index >= 15 is 0 Å². The lowest BCUT2D eigenvalue weighted by atomic mass is 9.84. The standard InChI is InChI=1S/C37H64N6O7S/c1-13-15-16-24(30(45)32(46)38-17-14-2)20-26(44)29-28-25(37(28,11)12)21-42(29)33(47)31(36(8,9)10)40-34(48)39-27(35(5,6)7)22-41-18-19-43(23(3)4)51(41,49)50/h14,23-25,27-29,31H,2,13,15-22H2,1,3-12H3,(H,38,46)(H2,39,40,48)/t24?,25-,27+,28-,29+,31+/m0/s1. The third-order valence-electron chi connectivity index (χ3n) is 11.1. The summed E-state index contributed by atoms with van der Waals surface area (Å²) in [5.74, 6) is -2.84. The summed E-state index contributed by atoms with van der Waals surface area (Å²) in [4.78, 5) is 69.7. The maximum Gasteiger partial charge on any atom is 0.315 e. The van der Waals surface area contributed by atoms with Gasteiger partial charge < -0.3 is 20.9 Å². The van der Waals surface area contributed by atoms with Crippen LogP contribution >= 0.6 is 0 Å². The number of carbonyl (C=O) groups is 5. The normalized spacial score (nSPS) is 24.7. The molecule has 4 amide bonds. The predicted octanol–water partition coefficient (Wildman–Crippen LogP) is 3.51. The molecule has 3 rings (SSSR count). The zero-order valence-corrected chi connectivity index (χ0v) is 33.6. The molecule has 3 aliphatic rings. The largest absolute Gasteiger partial charge is 0.346 e. The minimum Gasteiger partial charge on any atom is -0.346 e. The molecule has 2 aliphatic heterocycles. The van der Waals surface area contributed by atoms with Crippen molar-refractivity contribution in [3.8, 4) is 0 Å². The van der Waals surface area contributed by atoms with E-state index in [-0.39, 0.29) is 54.5 Å². The molecule has 1 saturated carbocycles. The van der Waals surface area contributed by atoms with Crippen LogP contribution < -0.4 is 16.0 Å². The number of carbonyl (C=O) groups excluding carboxylic acids is 5. The van der Waals surface area contributed by atoms with Crippen LogP contribution in [0.25, 0.3) is 0 Å². The lowest BCUT2D eigenvalue weighted by Crippen LogP contribution is -2.61. The van der Waals surface area contributed by atoms with E-state index in [9.17, 15) is 32.4 Å². The zero-order chi connectivity index (χ0) is 38.9. The van der Waals surface area contributed by atoms with Crippen LogP contribution in [0.4, 0.5) is 4.79 Å². The topological polar surface area (TPSA) is 165 Å². The number of hydrogen-bond donors (Lipinski definition) is 3. The van der Waals surface area contributed by atoms with E-state index in [2.05, 4.69) is 36.4 Å². The van der Waals surface area contributed by atoms with Gasteiger partial charge in [0.1, 0.15) is 6.04 Å². The van der Waals surface area contributed by atoms with Gasteiger partial charge in [0.2, 0.25) is 11.7 Å². The summed E-state index contributed by atoms with van der Waals surface area (Å²) >= 11 is 0. The predicted molar refractivity (Wildman–Crippen MR) is 198 cm³/mol. The number of urea groups is 1. The average Bonchev–Trinajstić information content (AvgIpc) is 3.28. The van der Waals surface area contributed by atoms with Gasteiger partial charge in [-0.1, -0.05) is 81.2 Å². The Morgan fingerprint density at radius 1 is 0.980 bits per heavy atom. The average molecular weight is 737 g/mol. The van der Waals surface area contributed by atoms with E-state index < -0.39 is 62.8 Å². The van der Waals surface area contributed by atoms with Crippen molar-refractivity contribution in [3.63, 3.8) is 0 Å². The van der Waals surface area contributed by atoms with Crippen LogP contribution in [0.2, 0.25) is 0 Å². The lowest BCUT2D eigenvalue weighted by Gasteiger charge is -2.39. The number of nitrogens with one attached hydrogen (secondary N) is 3. The molecule has 0 spiro atoms. The molecule has 3 fully saturated rings. The van der Waals surface area contributed by atoms with Crippen LogP contribution in [0.15, 0.2) is 12.7 Å². The number of nitrogens with zero attached hydrogens (tertiary/aromatic N) is 3. The Labute approximate surface area is 306 Å². The van der Waals surface area contributed by atoms with E-state index in [1.807, 2.05) is 62.3 Å². The molecule has 51 heavy (non-hydrogen) atoms. The Bertz CT molecular complexity index is 1450. The molecule has 6 atom stereocenters. The van der Waals surface area contributed by atoms with Gasteiger partial charge in [0.15, 0.2) is 5.78 Å². The molecule has 0 aromatic heterocycles. The molecule has 0 radical (unpaired) electrons. The first-order valence-electron chi connectivity index (χ1n) is 18.5. The highest BCUT2D eigenvalue weighted by molar-refractivity contribution is 7.87. The molecular formula is C37H64N6O7S. The number of Topliss-reactive ketones (excluding diaryl/α,β-unsaturated/α-hetero) is 2. The van der Waals surface area contributed by atoms with E-state index in [0.717, 1.165) is 6.42 Å². The van der Waals surface area contributed by atoms with Crippen molar-refractivity contribution in [2.45, 2.75) is 126 Å². The third-order valence-corrected chi connectivity index (χ3v) is 13.3. The number of piperidine rings is 1. The lowest BCUT2D eigenvalue weighted by molar-refractivity contribution is -0.145. The highest BCUT2D eigenvalue weighted by Crippen LogP contribution is 2.65. The monoisotopic (exact) mass is 736 g/mol. The molecular weight excluding hydrogens is 673 g/mol. The molecule has 0 aromatic carbocycles. The SMILES string of the molecule is C=CCNC(=O)C(=O)C(CCCC)CC(=O)[C@@H]1[C@@H]2[C@H](CN1C(=O)[C@@H](NC(=O)N[C@H](CN1CCN(C(C)C)S1(=O)=O)C(C)(C)C)C(C)(C)C)C2(C)C. The summed E-state index contributed by atoms with van der Waals surface area (Å²) < 4.78 is 29.3. The summed E-state index contributed by atoms with van der Waals surface area (Å²) in [6.45, 7) is 25.9. The van der Waals surface area contributed by atoms with Gasteiger partial charge in [-0.05, 0) is 48.3 Å². The van der Waals surface area contributed by atoms with E-state index in [4.69, 9.17) is 0 Å². The number of unbranched alkanes of at least 4 members (excludes halogenated alkanes) is 1. The molecule has 13 nitrogen and oxygen atoms in total. The Balaban J connectivity index is 1.83. The van der Waals surface area contributed by atoms with E-state index in [0.29, 0.717) is 32.5 Å². The van der Waals surface area contributed by atoms with Gasteiger partial charge in [0.05, 0.1) is 6.04 Å². The van der Waals surface area contributed by atoms with E-state index in [1.165, 1.54) is 14.7 Å². The third kappa shape index (κ3) is 9.59. The second kappa shape index (κ2) is 16.0. The van der Waals surface area contributed by atoms with Crippen LogP contribution in [-0.2, 0) is 29.4 Å². The number of amides is 4. The number of fused-ring (bicyclic) bond motifs is 1. The number of likely N-dealkylation sites (tertiary alicyclic amines) is 1. The van der Waals surface area contributed by atoms with Gasteiger partial charge >= 0.3 is 6.03 Å². The van der Waals surface area contributed by atoms with Crippen molar-refractivity contribution >= 4 is 39.6 Å². The van der Waals surface area contributed by atoms with Crippen molar-refractivity contribution in [1.29, 1.82) is 0 Å². The summed E-state index contributed by atoms with van der Waals surface area (Å²) in [7, 11) is -3.69. The fraction of sp³-hybridized carbons (Fsp3) is 0.811. The van der Waals surface area contributed by atoms with Crippen LogP contribution in [0.3, 0.4) is 0 Å². The Hall–Kier alpha value is -2.84. The fourth-order valence-electron chi connectivity index (χ4n) is 7.64. The summed E-state index contributed by atoms with van der Waals surface area (Å²) in [6.07, 6.45) is 3.18. The number of rotatable bonds is 16. The van der Waals surface area contributed by atoms with Crippen LogP contribution in [0.1, 0.15) is 102 Å². The van der Waals surface area contributed by atoms with Gasteiger partial charge in [0.25, 0.3) is 16.1 Å². The zero-order valence-electron chi connectivity index (χ0n) is 32.8. The van der Waals surface area contributed by atoms with Gasteiger partial charge in [0, 0.05) is 57.1 Å². The maximum absolute atomic E-state index is 14.5. The summed E-state index contributed by atoms with van der Waals surface area (Å²) in [5, 5.41) is 8.39. The van der Waals surface area contributed by atoms with Crippen molar-refractivity contribution in [2.75, 3.05) is 32.7 Å². The molecule has 2 heterocycles. The first-order valence-corrected chi connectivity index (χ1v) is 19.9. The number of ketones is 2. The first-order chi connectivity index (χ1) is 23.4. The minimum absolute atomic E-state index is 0.0707. The molecule has 2 saturated heterocycles. The second-order valence-electron chi connectivity index (χ2n) is 17.7. The van der Waals surface area contributed by atoms with Gasteiger partial charge in [-0.15, -0.1) is 6.58 Å². The van der Waals surface area contributed by atoms with Crippen molar-refractivity contribution in [1.82, 2.24) is 29.5 Å². The number of hydrogen-bond acceptors (Lipinski definition) is 7. The van der Waals surface area contributed by atoms with Gasteiger partial charge in [-0.2, -0.15) is 17.0 Å². The quantitative estimate of drug-likeness (QED) is 0.161. The van der Waals surface area contributed by atoms with E-state index in [1.54, 1.807) is 4.90 Å². The smallest absolute Gasteiger partial charge is 0.315 e. The van der Waals surface area contributed by atoms with Gasteiger partial charge in [-0.3, -0.25) is 19.2 Å². The molecule has 0 aromatic rings. The minimum atomic E-state index is -3.69. The molecule has 1 aliphatic carbocycles. The Morgan fingerprint density at radius 3 is 2.12 bits per heavy atom. The highest BCUT2D eigenvalue weighted by Gasteiger charge is 2.69. The maximum atomic E-state index is 14.5. The molecule has 1 unspecified atom stereocenters. The fourth-order valence-corrected chi connectivity index (χ4v) is 9.44. The van der Waals surface area contributed by atoms with Crippen molar-refractivity contribution in [2.24, 2.45) is 34.0 Å². The molecule has 3 N–H and O–H groups in total. The highest BCUT2D eigenvalue weighted by atomic mass is 32.2. The Morgan fingerprint density at radius 2 is 1.61 bits per heavy atom. The summed E-state index contributed by atoms with van der Waals surface area (Å²) in [5.41, 5.74) is -1.45. The second-order valence-corrected chi connectivity index (χ2v) is 19.5. The molecule has 290 valence electrons. The molecule has 14 heteroatoms.